The van der Waals surface area contributed by atoms with Crippen molar-refractivity contribution in [1.29, 1.82) is 0 Å². The molecule has 0 bridgehead atoms. The fourth-order valence-electron chi connectivity index (χ4n) is 1.45. The molecule has 0 fully saturated rings. The maximum absolute atomic E-state index is 11.5. The molecule has 0 heterocycles. The Bertz CT molecular complexity index is 548. The second-order valence-electron chi connectivity index (χ2n) is 4.86. The summed E-state index contributed by atoms with van der Waals surface area (Å²) in [5.41, 5.74) is -1.99. The summed E-state index contributed by atoms with van der Waals surface area (Å²) >= 11 is 11.8. The van der Waals surface area contributed by atoms with Crippen molar-refractivity contribution in [3.05, 3.63) is 28.2 Å². The van der Waals surface area contributed by atoms with Gasteiger partial charge in [-0.3, -0.25) is 4.79 Å². The minimum Gasteiger partial charge on any atom is -0.492 e. The number of ether oxygens (including phenoxy) is 1. The molecular weight excluding hydrogens is 333 g/mol. The Morgan fingerprint density at radius 1 is 1.36 bits per heavy atom. The van der Waals surface area contributed by atoms with Crippen molar-refractivity contribution in [2.75, 3.05) is 13.2 Å². The van der Waals surface area contributed by atoms with E-state index in [1.54, 1.807) is 18.2 Å². The number of carboxylic acids is 1. The predicted molar refractivity (Wildman–Crippen MR) is 82.5 cm³/mol. The zero-order valence-electron chi connectivity index (χ0n) is 11.9. The summed E-state index contributed by atoms with van der Waals surface area (Å²) in [5.74, 6) is -1.34. The molecule has 1 amide bonds. The Balaban J connectivity index is 2.28. The van der Waals surface area contributed by atoms with Gasteiger partial charge in [-0.25, -0.2) is 4.79 Å². The molecule has 0 spiro atoms. The molecule has 22 heavy (non-hydrogen) atoms. The van der Waals surface area contributed by atoms with Gasteiger partial charge in [0.1, 0.15) is 10.8 Å². The molecule has 0 aliphatic heterocycles. The summed E-state index contributed by atoms with van der Waals surface area (Å²) in [7, 11) is 0. The highest BCUT2D eigenvalue weighted by Gasteiger charge is 2.30. The van der Waals surface area contributed by atoms with E-state index < -0.39 is 11.6 Å². The summed E-state index contributed by atoms with van der Waals surface area (Å²) in [5, 5.41) is 21.2. The third-order valence-electron chi connectivity index (χ3n) is 2.81. The Hall–Kier alpha value is -1.50. The van der Waals surface area contributed by atoms with Gasteiger partial charge in [-0.15, -0.1) is 0 Å². The zero-order valence-corrected chi connectivity index (χ0v) is 13.4. The first-order chi connectivity index (χ1) is 10.2. The summed E-state index contributed by atoms with van der Waals surface area (Å²) < 4.78 is 5.41. The minimum absolute atomic E-state index is 0.133. The predicted octanol–water partition coefficient (Wildman–Crippen LogP) is 2.10. The van der Waals surface area contributed by atoms with E-state index in [2.05, 4.69) is 5.32 Å². The molecule has 0 radical (unpaired) electrons. The van der Waals surface area contributed by atoms with Crippen molar-refractivity contribution in [2.24, 2.45) is 0 Å². The van der Waals surface area contributed by atoms with Crippen LogP contribution in [0.4, 0.5) is 0 Å². The normalized spacial score (nSPS) is 13.3. The summed E-state index contributed by atoms with van der Waals surface area (Å²) in [6.07, 6.45) is 0.539. The number of carbonyl (C=O) groups excluding carboxylic acids is 1. The molecule has 1 aromatic rings. The van der Waals surface area contributed by atoms with E-state index in [0.29, 0.717) is 22.2 Å². The van der Waals surface area contributed by atoms with E-state index in [1.807, 2.05) is 0 Å². The van der Waals surface area contributed by atoms with Crippen LogP contribution in [0, 0.1) is 0 Å². The zero-order chi connectivity index (χ0) is 16.8. The minimum atomic E-state index is -1.99. The van der Waals surface area contributed by atoms with Crippen molar-refractivity contribution in [3.63, 3.8) is 0 Å². The second kappa shape index (κ2) is 8.22. The van der Waals surface area contributed by atoms with Gasteiger partial charge in [-0.1, -0.05) is 29.3 Å². The molecule has 122 valence electrons. The Labute approximate surface area is 138 Å². The largest absolute Gasteiger partial charge is 0.492 e. The maximum Gasteiger partial charge on any atom is 0.337 e. The molecule has 0 aliphatic rings. The van der Waals surface area contributed by atoms with E-state index in [-0.39, 0.29) is 25.5 Å². The van der Waals surface area contributed by atoms with Crippen molar-refractivity contribution in [1.82, 2.24) is 5.32 Å². The van der Waals surface area contributed by atoms with E-state index in [0.717, 1.165) is 6.92 Å². The van der Waals surface area contributed by atoms with Crippen LogP contribution in [-0.4, -0.2) is 40.8 Å². The SMILES string of the molecule is CC(O)(CNC(=O)CCCOc1cccc(Cl)c1Cl)C(=O)O. The molecule has 1 aromatic carbocycles. The van der Waals surface area contributed by atoms with Gasteiger partial charge in [0.2, 0.25) is 5.91 Å². The molecule has 0 saturated heterocycles. The van der Waals surface area contributed by atoms with Crippen LogP contribution in [0.2, 0.25) is 10.0 Å². The van der Waals surface area contributed by atoms with E-state index in [9.17, 15) is 14.7 Å². The van der Waals surface area contributed by atoms with Crippen molar-refractivity contribution < 1.29 is 24.5 Å². The third-order valence-corrected chi connectivity index (χ3v) is 3.61. The maximum atomic E-state index is 11.5. The molecule has 8 heteroatoms. The number of hydrogen-bond acceptors (Lipinski definition) is 4. The van der Waals surface area contributed by atoms with Gasteiger partial charge in [0.15, 0.2) is 5.60 Å². The van der Waals surface area contributed by atoms with Crippen LogP contribution in [0.3, 0.4) is 0 Å². The molecule has 6 nitrogen and oxygen atoms in total. The molecule has 3 N–H and O–H groups in total. The number of aliphatic hydroxyl groups is 1. The topological polar surface area (TPSA) is 95.9 Å². The molecular formula is C14H17Cl2NO5. The number of carboxylic acid groups (broad SMARTS) is 1. The lowest BCUT2D eigenvalue weighted by atomic mass is 10.1. The number of hydrogen-bond donors (Lipinski definition) is 3. The van der Waals surface area contributed by atoms with Gasteiger partial charge >= 0.3 is 5.97 Å². The van der Waals surface area contributed by atoms with E-state index in [4.69, 9.17) is 33.0 Å². The lowest BCUT2D eigenvalue weighted by Gasteiger charge is -2.18. The molecule has 1 atom stereocenters. The number of aliphatic carboxylic acids is 1. The Kier molecular flexibility index (Phi) is 6.93. The fourth-order valence-corrected chi connectivity index (χ4v) is 1.79. The average molecular weight is 350 g/mol. The molecule has 1 unspecified atom stereocenters. The Morgan fingerprint density at radius 2 is 2.05 bits per heavy atom. The summed E-state index contributed by atoms with van der Waals surface area (Å²) in [4.78, 5) is 22.2. The van der Waals surface area contributed by atoms with Crippen LogP contribution in [0.25, 0.3) is 0 Å². The average Bonchev–Trinajstić information content (AvgIpc) is 2.45. The van der Waals surface area contributed by atoms with Gasteiger partial charge in [0, 0.05) is 6.42 Å². The van der Waals surface area contributed by atoms with Crippen LogP contribution in [-0.2, 0) is 9.59 Å². The van der Waals surface area contributed by atoms with Gasteiger partial charge in [0.05, 0.1) is 18.2 Å². The van der Waals surface area contributed by atoms with Crippen LogP contribution >= 0.6 is 23.2 Å². The number of halogens is 2. The second-order valence-corrected chi connectivity index (χ2v) is 5.64. The van der Waals surface area contributed by atoms with E-state index >= 15 is 0 Å². The molecule has 0 aliphatic carbocycles. The highest BCUT2D eigenvalue weighted by atomic mass is 35.5. The number of amides is 1. The standard InChI is InChI=1S/C14H17Cl2NO5/c1-14(21,13(19)20)8-17-11(18)6-3-7-22-10-5-2-4-9(15)12(10)16/h2,4-5,21H,3,6-8H2,1H3,(H,17,18)(H,19,20). The number of benzene rings is 1. The summed E-state index contributed by atoms with van der Waals surface area (Å²) in [6.45, 7) is 1.00. The fraction of sp³-hybridized carbons (Fsp3) is 0.429. The van der Waals surface area contributed by atoms with Crippen LogP contribution < -0.4 is 10.1 Å². The highest BCUT2D eigenvalue weighted by Crippen LogP contribution is 2.31. The number of rotatable bonds is 8. The van der Waals surface area contributed by atoms with Crippen molar-refractivity contribution in [3.8, 4) is 5.75 Å². The monoisotopic (exact) mass is 349 g/mol. The number of carbonyl (C=O) groups is 2. The summed E-state index contributed by atoms with van der Waals surface area (Å²) in [6, 6.07) is 5.00. The van der Waals surface area contributed by atoms with E-state index in [1.165, 1.54) is 0 Å². The first kappa shape index (κ1) is 18.5. The first-order valence-corrected chi connectivity index (χ1v) is 7.29. The lowest BCUT2D eigenvalue weighted by molar-refractivity contribution is -0.156. The van der Waals surface area contributed by atoms with Crippen molar-refractivity contribution >= 4 is 35.1 Å². The number of nitrogens with one attached hydrogen (secondary N) is 1. The van der Waals surface area contributed by atoms with Gasteiger partial charge in [-0.05, 0) is 25.5 Å². The van der Waals surface area contributed by atoms with Crippen molar-refractivity contribution in [2.45, 2.75) is 25.4 Å². The van der Waals surface area contributed by atoms with Crippen LogP contribution in [0.5, 0.6) is 5.75 Å². The molecule has 0 saturated carbocycles. The smallest absolute Gasteiger partial charge is 0.337 e. The lowest BCUT2D eigenvalue weighted by Crippen LogP contribution is -2.46. The molecule has 1 rings (SSSR count). The van der Waals surface area contributed by atoms with Crippen LogP contribution in [0.1, 0.15) is 19.8 Å². The highest BCUT2D eigenvalue weighted by molar-refractivity contribution is 6.42. The van der Waals surface area contributed by atoms with Gasteiger partial charge in [0.25, 0.3) is 0 Å². The third kappa shape index (κ3) is 5.71. The quantitative estimate of drug-likeness (QED) is 0.624. The Morgan fingerprint density at radius 3 is 2.68 bits per heavy atom. The van der Waals surface area contributed by atoms with Gasteiger partial charge < -0.3 is 20.3 Å². The van der Waals surface area contributed by atoms with Gasteiger partial charge in [-0.2, -0.15) is 0 Å². The van der Waals surface area contributed by atoms with Crippen LogP contribution in [0.15, 0.2) is 18.2 Å². The molecule has 0 aromatic heterocycles. The first-order valence-electron chi connectivity index (χ1n) is 6.53.